The number of nitrogens with zero attached hydrogens (tertiary/aromatic N) is 1. The van der Waals surface area contributed by atoms with Gasteiger partial charge in [-0.15, -0.1) is 0 Å². The van der Waals surface area contributed by atoms with Gasteiger partial charge in [-0.25, -0.2) is 0 Å². The van der Waals surface area contributed by atoms with E-state index in [9.17, 15) is 24.6 Å². The van der Waals surface area contributed by atoms with E-state index in [0.29, 0.717) is 24.4 Å². The minimum atomic E-state index is -1.60. The van der Waals surface area contributed by atoms with Gasteiger partial charge in [-0.05, 0) is 49.8 Å². The van der Waals surface area contributed by atoms with Gasteiger partial charge >= 0.3 is 0 Å². The van der Waals surface area contributed by atoms with Crippen molar-refractivity contribution in [2.75, 3.05) is 20.2 Å². The highest BCUT2D eigenvalue weighted by molar-refractivity contribution is 5.97. The molecule has 0 spiro atoms. The topological polar surface area (TPSA) is 128 Å². The zero-order valence-corrected chi connectivity index (χ0v) is 21.2. The van der Waals surface area contributed by atoms with E-state index in [2.05, 4.69) is 10.6 Å². The molecule has 2 aromatic carbocycles. The average Bonchev–Trinajstić information content (AvgIpc) is 3.64. The molecule has 4 N–H and O–H groups in total. The summed E-state index contributed by atoms with van der Waals surface area (Å²) in [5.41, 5.74) is 1.46. The van der Waals surface area contributed by atoms with Crippen molar-refractivity contribution < 1.29 is 29.3 Å². The second-order valence-electron chi connectivity index (χ2n) is 9.95. The fourth-order valence-electron chi connectivity index (χ4n) is 4.71. The molecular formula is C28H35N3O6. The van der Waals surface area contributed by atoms with Crippen molar-refractivity contribution in [2.24, 2.45) is 5.92 Å². The summed E-state index contributed by atoms with van der Waals surface area (Å²) in [6.45, 7) is 2.37. The molecule has 0 radical (unpaired) electrons. The summed E-state index contributed by atoms with van der Waals surface area (Å²) in [5, 5.41) is 27.0. The maximum Gasteiger partial charge on any atom is 0.254 e. The molecule has 198 valence electrons. The highest BCUT2D eigenvalue weighted by Gasteiger charge is 2.43. The number of aromatic hydroxyl groups is 1. The number of hydrogen-bond donors (Lipinski definition) is 4. The Hall–Kier alpha value is -3.43. The molecule has 1 aliphatic heterocycles. The predicted octanol–water partition coefficient (Wildman–Crippen LogP) is 1.54. The van der Waals surface area contributed by atoms with Crippen LogP contribution in [0.1, 0.15) is 40.7 Å². The van der Waals surface area contributed by atoms with Gasteiger partial charge in [0, 0.05) is 37.7 Å². The number of methoxy groups -OCH3 is 1. The van der Waals surface area contributed by atoms with Crippen LogP contribution in [0.3, 0.4) is 0 Å². The minimum Gasteiger partial charge on any atom is -0.508 e. The number of benzene rings is 2. The number of phenols is 1. The monoisotopic (exact) mass is 509 g/mol. The van der Waals surface area contributed by atoms with Gasteiger partial charge in [0.15, 0.2) is 6.10 Å². The van der Waals surface area contributed by atoms with Gasteiger partial charge in [0.25, 0.3) is 11.8 Å². The summed E-state index contributed by atoms with van der Waals surface area (Å²) >= 11 is 0. The Morgan fingerprint density at radius 2 is 1.84 bits per heavy atom. The molecule has 1 saturated carbocycles. The molecule has 9 heteroatoms. The van der Waals surface area contributed by atoms with E-state index in [1.54, 1.807) is 19.1 Å². The van der Waals surface area contributed by atoms with Crippen LogP contribution in [0.5, 0.6) is 5.75 Å². The first kappa shape index (κ1) is 26.6. The van der Waals surface area contributed by atoms with E-state index < -0.39 is 30.0 Å². The van der Waals surface area contributed by atoms with Gasteiger partial charge in [-0.1, -0.05) is 36.4 Å². The molecule has 0 unspecified atom stereocenters. The molecule has 1 heterocycles. The predicted molar refractivity (Wildman–Crippen MR) is 137 cm³/mol. The van der Waals surface area contributed by atoms with Gasteiger partial charge < -0.3 is 30.5 Å². The second kappa shape index (κ2) is 11.7. The first-order chi connectivity index (χ1) is 17.8. The molecule has 1 saturated heterocycles. The Kier molecular flexibility index (Phi) is 8.45. The molecule has 1 aliphatic carbocycles. The van der Waals surface area contributed by atoms with E-state index in [1.165, 1.54) is 18.1 Å². The van der Waals surface area contributed by atoms with E-state index in [1.807, 2.05) is 30.3 Å². The van der Waals surface area contributed by atoms with Gasteiger partial charge in [0.2, 0.25) is 5.91 Å². The molecule has 0 aromatic heterocycles. The smallest absolute Gasteiger partial charge is 0.254 e. The van der Waals surface area contributed by atoms with Crippen molar-refractivity contribution in [3.63, 3.8) is 0 Å². The number of carbonyl (C=O) groups is 3. The van der Waals surface area contributed by atoms with Crippen LogP contribution in [0.4, 0.5) is 0 Å². The molecule has 9 nitrogen and oxygen atoms in total. The van der Waals surface area contributed by atoms with Crippen LogP contribution in [-0.2, 0) is 20.7 Å². The lowest BCUT2D eigenvalue weighted by molar-refractivity contribution is -0.146. The van der Waals surface area contributed by atoms with Crippen LogP contribution in [0.25, 0.3) is 0 Å². The lowest BCUT2D eigenvalue weighted by Crippen LogP contribution is -2.56. The summed E-state index contributed by atoms with van der Waals surface area (Å²) in [6.07, 6.45) is 0.779. The molecule has 37 heavy (non-hydrogen) atoms. The molecular weight excluding hydrogens is 474 g/mol. The maximum absolute atomic E-state index is 13.6. The number of ether oxygens (including phenoxy) is 1. The third-order valence-electron chi connectivity index (χ3n) is 7.24. The van der Waals surface area contributed by atoms with Crippen LogP contribution in [0.2, 0.25) is 0 Å². The standard InChI is InChI=1S/C28H35N3O6/c1-17-21(9-6-10-24(17)32)26(34)30-22(13-18-7-4-3-5-8-18)25(33)28(36)31-16-20(37-2)14-23(31)27(35)29-15-19-11-12-19/h3-10,19-20,22-23,25,32-33H,11-16H2,1-2H3,(H,29,35)(H,30,34)/t20-,22+,23+,25+/m1/s1. The number of likely N-dealkylation sites (tertiary alicyclic amines) is 1. The Morgan fingerprint density at radius 3 is 2.51 bits per heavy atom. The fourth-order valence-corrected chi connectivity index (χ4v) is 4.71. The maximum atomic E-state index is 13.6. The number of aliphatic hydroxyl groups is 1. The quantitative estimate of drug-likeness (QED) is 0.385. The first-order valence-corrected chi connectivity index (χ1v) is 12.7. The van der Waals surface area contributed by atoms with Gasteiger partial charge in [0.1, 0.15) is 11.8 Å². The second-order valence-corrected chi connectivity index (χ2v) is 9.95. The Bertz CT molecular complexity index is 1120. The minimum absolute atomic E-state index is 0.0217. The zero-order valence-electron chi connectivity index (χ0n) is 21.2. The van der Waals surface area contributed by atoms with Crippen molar-refractivity contribution in [3.05, 3.63) is 65.2 Å². The van der Waals surface area contributed by atoms with Crippen LogP contribution in [-0.4, -0.2) is 77.3 Å². The Labute approximate surface area is 216 Å². The Balaban J connectivity index is 1.54. The molecule has 4 rings (SSSR count). The number of phenolic OH excluding ortho intramolecular Hbond substituents is 1. The van der Waals surface area contributed by atoms with E-state index in [0.717, 1.165) is 18.4 Å². The molecule has 2 fully saturated rings. The van der Waals surface area contributed by atoms with Crippen LogP contribution in [0, 0.1) is 12.8 Å². The average molecular weight is 510 g/mol. The third-order valence-corrected chi connectivity index (χ3v) is 7.24. The largest absolute Gasteiger partial charge is 0.508 e. The van der Waals surface area contributed by atoms with E-state index in [4.69, 9.17) is 4.74 Å². The number of rotatable bonds is 10. The molecule has 0 bridgehead atoms. The number of amides is 3. The number of carbonyl (C=O) groups excluding carboxylic acids is 3. The lowest BCUT2D eigenvalue weighted by atomic mass is 9.98. The van der Waals surface area contributed by atoms with Crippen LogP contribution >= 0.6 is 0 Å². The fraction of sp³-hybridized carbons (Fsp3) is 0.464. The summed E-state index contributed by atoms with van der Waals surface area (Å²) in [7, 11) is 1.53. The van der Waals surface area contributed by atoms with Crippen LogP contribution in [0.15, 0.2) is 48.5 Å². The zero-order chi connectivity index (χ0) is 26.5. The summed E-state index contributed by atoms with van der Waals surface area (Å²) < 4.78 is 5.44. The SMILES string of the molecule is CO[C@@H]1C[C@@H](C(=O)NCC2CC2)N(C(=O)[C@@H](O)[C@H](Cc2ccccc2)NC(=O)c2cccc(O)c2C)C1. The molecule has 2 aromatic rings. The molecule has 4 atom stereocenters. The van der Waals surface area contributed by atoms with Gasteiger partial charge in [-0.3, -0.25) is 14.4 Å². The number of nitrogens with one attached hydrogen (secondary N) is 2. The lowest BCUT2D eigenvalue weighted by Gasteiger charge is -2.30. The normalized spacial score (nSPS) is 20.8. The molecule has 2 aliphatic rings. The first-order valence-electron chi connectivity index (χ1n) is 12.7. The van der Waals surface area contributed by atoms with Crippen molar-refractivity contribution in [1.82, 2.24) is 15.5 Å². The van der Waals surface area contributed by atoms with Crippen molar-refractivity contribution in [1.29, 1.82) is 0 Å². The van der Waals surface area contributed by atoms with Crippen LogP contribution < -0.4 is 10.6 Å². The Morgan fingerprint density at radius 1 is 1.11 bits per heavy atom. The van der Waals surface area contributed by atoms with Crippen molar-refractivity contribution in [2.45, 2.75) is 56.9 Å². The summed E-state index contributed by atoms with van der Waals surface area (Å²) in [4.78, 5) is 41.0. The van der Waals surface area contributed by atoms with Gasteiger partial charge in [0.05, 0.1) is 12.1 Å². The van der Waals surface area contributed by atoms with E-state index in [-0.39, 0.29) is 36.3 Å². The van der Waals surface area contributed by atoms with E-state index >= 15 is 0 Å². The number of aliphatic hydroxyl groups excluding tert-OH is 1. The van der Waals surface area contributed by atoms with Crippen molar-refractivity contribution >= 4 is 17.7 Å². The highest BCUT2D eigenvalue weighted by Crippen LogP contribution is 2.28. The summed E-state index contributed by atoms with van der Waals surface area (Å²) in [5.74, 6) is -0.946. The number of hydrogen-bond acceptors (Lipinski definition) is 6. The summed E-state index contributed by atoms with van der Waals surface area (Å²) in [6, 6.07) is 12.1. The third kappa shape index (κ3) is 6.47. The highest BCUT2D eigenvalue weighted by atomic mass is 16.5. The molecule has 3 amide bonds. The van der Waals surface area contributed by atoms with Crippen molar-refractivity contribution in [3.8, 4) is 5.75 Å². The van der Waals surface area contributed by atoms with Gasteiger partial charge in [-0.2, -0.15) is 0 Å².